The topological polar surface area (TPSA) is 12.0 Å². The highest BCUT2D eigenvalue weighted by Gasteiger charge is 2.01. The summed E-state index contributed by atoms with van der Waals surface area (Å²) in [6.07, 6.45) is 9.49. The second-order valence-electron chi connectivity index (χ2n) is 4.21. The van der Waals surface area contributed by atoms with Gasteiger partial charge in [0.25, 0.3) is 0 Å². The van der Waals surface area contributed by atoms with Gasteiger partial charge in [-0.15, -0.1) is 12.3 Å². The predicted molar refractivity (Wildman–Crippen MR) is 70.3 cm³/mol. The first kappa shape index (κ1) is 12.8. The molecule has 1 rings (SSSR count). The van der Waals surface area contributed by atoms with Gasteiger partial charge in [-0.3, -0.25) is 0 Å². The summed E-state index contributed by atoms with van der Waals surface area (Å²) in [5.41, 5.74) is 1.39. The van der Waals surface area contributed by atoms with Crippen molar-refractivity contribution in [2.45, 2.75) is 38.6 Å². The van der Waals surface area contributed by atoms with E-state index in [0.717, 1.165) is 25.8 Å². The quantitative estimate of drug-likeness (QED) is 0.544. The Hall–Kier alpha value is -1.26. The average molecular weight is 215 g/mol. The normalized spacial score (nSPS) is 12.0. The summed E-state index contributed by atoms with van der Waals surface area (Å²) in [6, 6.07) is 11.1. The number of terminal acetylenes is 1. The van der Waals surface area contributed by atoms with Crippen LogP contribution in [0.1, 0.15) is 31.7 Å². The van der Waals surface area contributed by atoms with Crippen LogP contribution < -0.4 is 5.32 Å². The van der Waals surface area contributed by atoms with Crippen LogP contribution in [-0.4, -0.2) is 12.6 Å². The molecule has 0 fully saturated rings. The molecule has 1 nitrogen and oxygen atoms in total. The van der Waals surface area contributed by atoms with Gasteiger partial charge in [0.2, 0.25) is 0 Å². The monoisotopic (exact) mass is 215 g/mol. The van der Waals surface area contributed by atoms with Crippen LogP contribution in [0.3, 0.4) is 0 Å². The fourth-order valence-electron chi connectivity index (χ4n) is 1.74. The van der Waals surface area contributed by atoms with Gasteiger partial charge in [0, 0.05) is 12.5 Å². The standard InChI is InChI=1S/C15H21N/c1-3-4-5-9-12-16-14(2)13-15-10-7-6-8-11-15/h1,6-8,10-11,14,16H,4-5,9,12-13H2,2H3. The van der Waals surface area contributed by atoms with E-state index in [-0.39, 0.29) is 0 Å². The lowest BCUT2D eigenvalue weighted by molar-refractivity contribution is 0.527. The fourth-order valence-corrected chi connectivity index (χ4v) is 1.74. The molecule has 0 saturated carbocycles. The maximum absolute atomic E-state index is 5.20. The van der Waals surface area contributed by atoms with Crippen LogP contribution >= 0.6 is 0 Å². The van der Waals surface area contributed by atoms with Crippen LogP contribution in [0.2, 0.25) is 0 Å². The summed E-state index contributed by atoms with van der Waals surface area (Å²) in [7, 11) is 0. The van der Waals surface area contributed by atoms with Crippen LogP contribution in [0, 0.1) is 12.3 Å². The third-order valence-electron chi connectivity index (χ3n) is 2.63. The molecule has 0 aliphatic carbocycles. The summed E-state index contributed by atoms with van der Waals surface area (Å²) in [5.74, 6) is 2.67. The van der Waals surface area contributed by atoms with Crippen LogP contribution in [0.15, 0.2) is 30.3 Å². The number of benzene rings is 1. The molecule has 1 aromatic carbocycles. The lowest BCUT2D eigenvalue weighted by Crippen LogP contribution is -2.28. The van der Waals surface area contributed by atoms with E-state index in [9.17, 15) is 0 Å². The van der Waals surface area contributed by atoms with Gasteiger partial charge in [0.05, 0.1) is 0 Å². The highest BCUT2D eigenvalue weighted by Crippen LogP contribution is 2.02. The number of nitrogens with one attached hydrogen (secondary N) is 1. The minimum Gasteiger partial charge on any atom is -0.314 e. The van der Waals surface area contributed by atoms with Crippen molar-refractivity contribution in [2.24, 2.45) is 0 Å². The van der Waals surface area contributed by atoms with Crippen molar-refractivity contribution in [3.63, 3.8) is 0 Å². The van der Waals surface area contributed by atoms with Crippen molar-refractivity contribution in [1.29, 1.82) is 0 Å². The van der Waals surface area contributed by atoms with Crippen molar-refractivity contribution < 1.29 is 0 Å². The minimum absolute atomic E-state index is 0.535. The molecule has 0 amide bonds. The van der Waals surface area contributed by atoms with Gasteiger partial charge in [0.15, 0.2) is 0 Å². The van der Waals surface area contributed by atoms with E-state index in [0.29, 0.717) is 6.04 Å². The van der Waals surface area contributed by atoms with Gasteiger partial charge in [-0.25, -0.2) is 0 Å². The zero-order chi connectivity index (χ0) is 11.6. The van der Waals surface area contributed by atoms with Gasteiger partial charge in [-0.1, -0.05) is 30.3 Å². The summed E-state index contributed by atoms with van der Waals surface area (Å²) < 4.78 is 0. The maximum atomic E-state index is 5.20. The smallest absolute Gasteiger partial charge is 0.00865 e. The van der Waals surface area contributed by atoms with E-state index in [2.05, 4.69) is 48.5 Å². The van der Waals surface area contributed by atoms with Crippen LogP contribution in [-0.2, 0) is 6.42 Å². The Kier molecular flexibility index (Phi) is 6.37. The Labute approximate surface area is 99.3 Å². The first-order valence-corrected chi connectivity index (χ1v) is 6.03. The van der Waals surface area contributed by atoms with Gasteiger partial charge in [0.1, 0.15) is 0 Å². The maximum Gasteiger partial charge on any atom is 0.00865 e. The van der Waals surface area contributed by atoms with Gasteiger partial charge in [-0.05, 0) is 38.3 Å². The second-order valence-corrected chi connectivity index (χ2v) is 4.21. The summed E-state index contributed by atoms with van der Waals surface area (Å²) >= 11 is 0. The number of unbranched alkanes of at least 4 members (excludes halogenated alkanes) is 2. The van der Waals surface area contributed by atoms with Gasteiger partial charge < -0.3 is 5.32 Å². The first-order chi connectivity index (χ1) is 7.83. The van der Waals surface area contributed by atoms with Crippen molar-refractivity contribution >= 4 is 0 Å². The second kappa shape index (κ2) is 7.96. The molecule has 1 atom stereocenters. The largest absolute Gasteiger partial charge is 0.314 e. The summed E-state index contributed by atoms with van der Waals surface area (Å²) in [5, 5.41) is 3.52. The molecule has 1 heteroatoms. The van der Waals surface area contributed by atoms with Crippen LogP contribution in [0.25, 0.3) is 0 Å². The molecule has 0 spiro atoms. The lowest BCUT2D eigenvalue weighted by atomic mass is 10.1. The highest BCUT2D eigenvalue weighted by molar-refractivity contribution is 5.15. The number of rotatable bonds is 7. The first-order valence-electron chi connectivity index (χ1n) is 6.03. The predicted octanol–water partition coefficient (Wildman–Crippen LogP) is 3.01. The molecule has 1 aromatic rings. The fraction of sp³-hybridized carbons (Fsp3) is 0.467. The van der Waals surface area contributed by atoms with Gasteiger partial charge in [-0.2, -0.15) is 0 Å². The van der Waals surface area contributed by atoms with E-state index in [4.69, 9.17) is 6.42 Å². The molecule has 16 heavy (non-hydrogen) atoms. The molecule has 86 valence electrons. The molecule has 0 aromatic heterocycles. The molecule has 0 saturated heterocycles. The number of hydrogen-bond acceptors (Lipinski definition) is 1. The Morgan fingerprint density at radius 2 is 2.00 bits per heavy atom. The molecular formula is C15H21N. The number of hydrogen-bond donors (Lipinski definition) is 1. The van der Waals surface area contributed by atoms with E-state index in [1.807, 2.05) is 0 Å². The zero-order valence-corrected chi connectivity index (χ0v) is 10.1. The van der Waals surface area contributed by atoms with Crippen molar-refractivity contribution in [1.82, 2.24) is 5.32 Å². The van der Waals surface area contributed by atoms with E-state index < -0.39 is 0 Å². The van der Waals surface area contributed by atoms with Crippen molar-refractivity contribution in [3.05, 3.63) is 35.9 Å². The van der Waals surface area contributed by atoms with Crippen molar-refractivity contribution in [2.75, 3.05) is 6.54 Å². The van der Waals surface area contributed by atoms with E-state index >= 15 is 0 Å². The third kappa shape index (κ3) is 5.58. The van der Waals surface area contributed by atoms with E-state index in [1.54, 1.807) is 0 Å². The molecule has 1 N–H and O–H groups in total. The zero-order valence-electron chi connectivity index (χ0n) is 10.1. The third-order valence-corrected chi connectivity index (χ3v) is 2.63. The average Bonchev–Trinajstić information content (AvgIpc) is 2.30. The molecule has 0 aliphatic rings. The Bertz CT molecular complexity index is 310. The summed E-state index contributed by atoms with van der Waals surface area (Å²) in [4.78, 5) is 0. The minimum atomic E-state index is 0.535. The Morgan fingerprint density at radius 3 is 2.69 bits per heavy atom. The van der Waals surface area contributed by atoms with Crippen molar-refractivity contribution in [3.8, 4) is 12.3 Å². The van der Waals surface area contributed by atoms with Crippen LogP contribution in [0.4, 0.5) is 0 Å². The molecule has 0 bridgehead atoms. The molecule has 0 radical (unpaired) electrons. The highest BCUT2D eigenvalue weighted by atomic mass is 14.9. The Balaban J connectivity index is 2.12. The van der Waals surface area contributed by atoms with E-state index in [1.165, 1.54) is 12.0 Å². The van der Waals surface area contributed by atoms with Crippen LogP contribution in [0.5, 0.6) is 0 Å². The molecule has 0 heterocycles. The molecule has 0 aliphatic heterocycles. The van der Waals surface area contributed by atoms with Gasteiger partial charge >= 0.3 is 0 Å². The Morgan fingerprint density at radius 1 is 1.25 bits per heavy atom. The SMILES string of the molecule is C#CCCCCNC(C)Cc1ccccc1. The molecular weight excluding hydrogens is 194 g/mol. The summed E-state index contributed by atoms with van der Waals surface area (Å²) in [6.45, 7) is 3.30. The lowest BCUT2D eigenvalue weighted by Gasteiger charge is -2.13. The molecule has 1 unspecified atom stereocenters.